The molecule has 1 rings (SSSR count). The predicted molar refractivity (Wildman–Crippen MR) is 62.3 cm³/mol. The number of carboxylic acid groups (broad SMARTS) is 1. The monoisotopic (exact) mass is 233 g/mol. The van der Waals surface area contributed by atoms with Gasteiger partial charge in [0.15, 0.2) is 6.10 Å². The molecule has 1 aromatic rings. The highest BCUT2D eigenvalue weighted by atomic mass is 16.4. The van der Waals surface area contributed by atoms with Crippen molar-refractivity contribution in [2.24, 2.45) is 0 Å². The standard InChI is InChI=1S/C13H15NO3/c1-2-10-6-5-9(4-3-7-14)8-11(10)12(15)13(16)17/h5-6,8,12,15H,2-4H2,1H3,(H,16,17). The minimum atomic E-state index is -1.49. The van der Waals surface area contributed by atoms with Crippen molar-refractivity contribution in [2.45, 2.75) is 32.3 Å². The molecule has 0 aromatic heterocycles. The van der Waals surface area contributed by atoms with E-state index in [2.05, 4.69) is 0 Å². The molecule has 1 atom stereocenters. The molecule has 0 saturated heterocycles. The highest BCUT2D eigenvalue weighted by Gasteiger charge is 2.19. The summed E-state index contributed by atoms with van der Waals surface area (Å²) in [5, 5.41) is 26.9. The van der Waals surface area contributed by atoms with Crippen LogP contribution in [0, 0.1) is 11.3 Å². The minimum Gasteiger partial charge on any atom is -0.479 e. The number of nitriles is 1. The smallest absolute Gasteiger partial charge is 0.337 e. The van der Waals surface area contributed by atoms with Gasteiger partial charge in [-0.2, -0.15) is 5.26 Å². The average Bonchev–Trinajstić information content (AvgIpc) is 2.34. The SMILES string of the molecule is CCc1ccc(CCC#N)cc1C(O)C(=O)O. The molecular formula is C13H15NO3. The zero-order chi connectivity index (χ0) is 12.8. The summed E-state index contributed by atoms with van der Waals surface area (Å²) in [6.45, 7) is 1.91. The number of hydrogen-bond donors (Lipinski definition) is 2. The van der Waals surface area contributed by atoms with Crippen LogP contribution in [0.15, 0.2) is 18.2 Å². The van der Waals surface area contributed by atoms with Crippen LogP contribution in [0.4, 0.5) is 0 Å². The van der Waals surface area contributed by atoms with E-state index in [0.29, 0.717) is 24.8 Å². The Morgan fingerprint density at radius 3 is 2.76 bits per heavy atom. The number of hydrogen-bond acceptors (Lipinski definition) is 3. The first-order chi connectivity index (χ1) is 8.10. The van der Waals surface area contributed by atoms with Crippen molar-refractivity contribution in [2.75, 3.05) is 0 Å². The molecule has 0 amide bonds. The van der Waals surface area contributed by atoms with E-state index >= 15 is 0 Å². The highest BCUT2D eigenvalue weighted by Crippen LogP contribution is 2.21. The molecule has 90 valence electrons. The summed E-state index contributed by atoms with van der Waals surface area (Å²) in [5.74, 6) is -1.25. The number of aryl methyl sites for hydroxylation is 2. The molecule has 1 aromatic carbocycles. The van der Waals surface area contributed by atoms with Gasteiger partial charge in [0.05, 0.1) is 6.07 Å². The van der Waals surface area contributed by atoms with Gasteiger partial charge in [-0.3, -0.25) is 0 Å². The predicted octanol–water partition coefficient (Wildman–Crippen LogP) is 1.82. The summed E-state index contributed by atoms with van der Waals surface area (Å²) in [7, 11) is 0. The minimum absolute atomic E-state index is 0.383. The number of aliphatic carboxylic acids is 1. The lowest BCUT2D eigenvalue weighted by Gasteiger charge is -2.12. The normalized spacial score (nSPS) is 11.8. The third kappa shape index (κ3) is 3.30. The number of benzene rings is 1. The van der Waals surface area contributed by atoms with Gasteiger partial charge in [0.1, 0.15) is 0 Å². The van der Waals surface area contributed by atoms with Crippen molar-refractivity contribution in [1.82, 2.24) is 0 Å². The first kappa shape index (κ1) is 13.2. The average molecular weight is 233 g/mol. The Kier molecular flexibility index (Phi) is 4.68. The molecule has 4 heteroatoms. The van der Waals surface area contributed by atoms with Crippen LogP contribution in [0.2, 0.25) is 0 Å². The van der Waals surface area contributed by atoms with Crippen molar-refractivity contribution < 1.29 is 15.0 Å². The fraction of sp³-hybridized carbons (Fsp3) is 0.385. The largest absolute Gasteiger partial charge is 0.479 e. The molecule has 0 aliphatic heterocycles. The quantitative estimate of drug-likeness (QED) is 0.812. The van der Waals surface area contributed by atoms with Crippen molar-refractivity contribution >= 4 is 5.97 Å². The Bertz CT molecular complexity index is 448. The maximum Gasteiger partial charge on any atom is 0.337 e. The first-order valence-corrected chi connectivity index (χ1v) is 5.49. The van der Waals surface area contributed by atoms with Gasteiger partial charge in [0.2, 0.25) is 0 Å². The third-order valence-corrected chi connectivity index (χ3v) is 2.65. The van der Waals surface area contributed by atoms with Crippen LogP contribution < -0.4 is 0 Å². The van der Waals surface area contributed by atoms with Gasteiger partial charge < -0.3 is 10.2 Å². The van der Waals surface area contributed by atoms with Gasteiger partial charge in [0, 0.05) is 6.42 Å². The van der Waals surface area contributed by atoms with Gasteiger partial charge in [-0.15, -0.1) is 0 Å². The van der Waals surface area contributed by atoms with E-state index in [0.717, 1.165) is 11.1 Å². The summed E-state index contributed by atoms with van der Waals surface area (Å²) in [4.78, 5) is 10.8. The lowest BCUT2D eigenvalue weighted by atomic mass is 9.96. The molecular weight excluding hydrogens is 218 g/mol. The van der Waals surface area contributed by atoms with Crippen LogP contribution in [-0.4, -0.2) is 16.2 Å². The van der Waals surface area contributed by atoms with E-state index in [-0.39, 0.29) is 0 Å². The van der Waals surface area contributed by atoms with Crippen LogP contribution in [-0.2, 0) is 17.6 Å². The summed E-state index contributed by atoms with van der Waals surface area (Å²) >= 11 is 0. The number of carbonyl (C=O) groups is 1. The Hall–Kier alpha value is -1.86. The molecule has 0 aliphatic carbocycles. The summed E-state index contributed by atoms with van der Waals surface area (Å²) in [6.07, 6.45) is 0.124. The second kappa shape index (κ2) is 6.02. The number of nitrogens with zero attached hydrogens (tertiary/aromatic N) is 1. The fourth-order valence-electron chi connectivity index (χ4n) is 1.71. The molecule has 0 saturated carbocycles. The fourth-order valence-corrected chi connectivity index (χ4v) is 1.71. The summed E-state index contributed by atoms with van der Waals surface area (Å²) in [6, 6.07) is 7.40. The molecule has 0 fully saturated rings. The Morgan fingerprint density at radius 1 is 1.53 bits per heavy atom. The zero-order valence-electron chi connectivity index (χ0n) is 9.68. The Labute approximate surface area is 100 Å². The van der Waals surface area contributed by atoms with Gasteiger partial charge in [-0.05, 0) is 29.5 Å². The highest BCUT2D eigenvalue weighted by molar-refractivity contribution is 5.74. The number of carboxylic acids is 1. The molecule has 2 N–H and O–H groups in total. The van der Waals surface area contributed by atoms with E-state index in [9.17, 15) is 9.90 Å². The van der Waals surface area contributed by atoms with Crippen LogP contribution in [0.1, 0.15) is 36.1 Å². The summed E-state index contributed by atoms with van der Waals surface area (Å²) in [5.41, 5.74) is 2.12. The van der Waals surface area contributed by atoms with Crippen LogP contribution in [0.25, 0.3) is 0 Å². The second-order valence-corrected chi connectivity index (χ2v) is 3.79. The first-order valence-electron chi connectivity index (χ1n) is 5.49. The van der Waals surface area contributed by atoms with Crippen LogP contribution >= 0.6 is 0 Å². The van der Waals surface area contributed by atoms with E-state index in [1.807, 2.05) is 25.1 Å². The number of aliphatic hydroxyl groups excluding tert-OH is 1. The molecule has 1 unspecified atom stereocenters. The van der Waals surface area contributed by atoms with Gasteiger partial charge in [-0.25, -0.2) is 4.79 Å². The molecule has 0 radical (unpaired) electrons. The van der Waals surface area contributed by atoms with Crippen molar-refractivity contribution in [1.29, 1.82) is 5.26 Å². The molecule has 0 aliphatic rings. The third-order valence-electron chi connectivity index (χ3n) is 2.65. The van der Waals surface area contributed by atoms with E-state index < -0.39 is 12.1 Å². The van der Waals surface area contributed by atoms with Gasteiger partial charge >= 0.3 is 5.97 Å². The van der Waals surface area contributed by atoms with Crippen molar-refractivity contribution in [3.05, 3.63) is 34.9 Å². The Balaban J connectivity index is 3.06. The maximum atomic E-state index is 10.8. The second-order valence-electron chi connectivity index (χ2n) is 3.79. The molecule has 0 bridgehead atoms. The molecule has 4 nitrogen and oxygen atoms in total. The molecule has 0 heterocycles. The zero-order valence-corrected chi connectivity index (χ0v) is 9.68. The Morgan fingerprint density at radius 2 is 2.24 bits per heavy atom. The topological polar surface area (TPSA) is 81.3 Å². The lowest BCUT2D eigenvalue weighted by Crippen LogP contribution is -2.13. The van der Waals surface area contributed by atoms with E-state index in [4.69, 9.17) is 10.4 Å². The van der Waals surface area contributed by atoms with Gasteiger partial charge in [0.25, 0.3) is 0 Å². The molecule has 0 spiro atoms. The van der Waals surface area contributed by atoms with Crippen molar-refractivity contribution in [3.8, 4) is 6.07 Å². The number of aliphatic hydroxyl groups is 1. The number of rotatable bonds is 5. The van der Waals surface area contributed by atoms with E-state index in [1.165, 1.54) is 0 Å². The van der Waals surface area contributed by atoms with Crippen LogP contribution in [0.5, 0.6) is 0 Å². The molecule has 17 heavy (non-hydrogen) atoms. The van der Waals surface area contributed by atoms with Crippen LogP contribution in [0.3, 0.4) is 0 Å². The van der Waals surface area contributed by atoms with E-state index in [1.54, 1.807) is 6.07 Å². The van der Waals surface area contributed by atoms with Gasteiger partial charge in [-0.1, -0.05) is 25.1 Å². The summed E-state index contributed by atoms with van der Waals surface area (Å²) < 4.78 is 0. The maximum absolute atomic E-state index is 10.8. The van der Waals surface area contributed by atoms with Crippen molar-refractivity contribution in [3.63, 3.8) is 0 Å². The lowest BCUT2D eigenvalue weighted by molar-refractivity contribution is -0.147.